The fourth-order valence-electron chi connectivity index (χ4n) is 2.48. The van der Waals surface area contributed by atoms with Crippen molar-refractivity contribution >= 4 is 41.4 Å². The third kappa shape index (κ3) is 3.15. The molecule has 0 saturated heterocycles. The monoisotopic (exact) mass is 398 g/mol. The van der Waals surface area contributed by atoms with Gasteiger partial charge in [-0.2, -0.15) is 0 Å². The third-order valence-corrected chi connectivity index (χ3v) is 3.82. The van der Waals surface area contributed by atoms with E-state index in [9.17, 15) is 0 Å². The molecule has 1 heterocycles. The normalized spacial score (nSPS) is 13.3. The molecule has 0 aromatic heterocycles. The lowest BCUT2D eigenvalue weighted by Crippen LogP contribution is -2.35. The van der Waals surface area contributed by atoms with Crippen LogP contribution < -0.4 is 0 Å². The molecule has 20 heavy (non-hydrogen) atoms. The van der Waals surface area contributed by atoms with Gasteiger partial charge < -0.3 is 4.90 Å². The lowest BCUT2D eigenvalue weighted by Gasteiger charge is -2.31. The molecule has 2 nitrogen and oxygen atoms in total. The van der Waals surface area contributed by atoms with Crippen LogP contribution in [0.25, 0.3) is 0 Å². The zero-order chi connectivity index (χ0) is 13.2. The quantitative estimate of drug-likeness (QED) is 0.432. The number of amidine groups is 1. The van der Waals surface area contributed by atoms with Crippen LogP contribution in [0.15, 0.2) is 48.5 Å². The highest BCUT2D eigenvalue weighted by Gasteiger charge is 2.18. The van der Waals surface area contributed by atoms with E-state index in [2.05, 4.69) is 29.2 Å². The third-order valence-electron chi connectivity index (χ3n) is 3.56. The van der Waals surface area contributed by atoms with Crippen LogP contribution in [-0.4, -0.2) is 17.3 Å². The Kier molecular flexibility index (Phi) is 5.05. The van der Waals surface area contributed by atoms with Gasteiger partial charge >= 0.3 is 0 Å². The summed E-state index contributed by atoms with van der Waals surface area (Å²) in [6.07, 6.45) is 1.01. The van der Waals surface area contributed by atoms with Gasteiger partial charge in [-0.1, -0.05) is 35.9 Å². The average molecular weight is 399 g/mol. The molecule has 0 unspecified atom stereocenters. The van der Waals surface area contributed by atoms with E-state index in [0.29, 0.717) is 10.9 Å². The molecule has 1 aliphatic rings. The lowest BCUT2D eigenvalue weighted by molar-refractivity contribution is 0.392. The first kappa shape index (κ1) is 15.3. The number of hydrogen-bond donors (Lipinski definition) is 1. The highest BCUT2D eigenvalue weighted by Crippen LogP contribution is 2.20. The van der Waals surface area contributed by atoms with Gasteiger partial charge in [0.1, 0.15) is 5.84 Å². The highest BCUT2D eigenvalue weighted by atomic mass is 127. The number of benzene rings is 2. The molecule has 1 aliphatic heterocycles. The first-order valence-electron chi connectivity index (χ1n) is 6.40. The van der Waals surface area contributed by atoms with E-state index in [1.54, 1.807) is 0 Å². The molecular weight excluding hydrogens is 383 g/mol. The van der Waals surface area contributed by atoms with Gasteiger partial charge in [-0.05, 0) is 41.8 Å². The second kappa shape index (κ2) is 6.59. The zero-order valence-corrected chi connectivity index (χ0v) is 14.1. The van der Waals surface area contributed by atoms with Crippen LogP contribution >= 0.6 is 35.6 Å². The first-order chi connectivity index (χ1) is 9.24. The molecule has 4 heteroatoms. The number of rotatable bonds is 1. The number of fused-ring (bicyclic) bond motifs is 1. The van der Waals surface area contributed by atoms with Crippen LogP contribution in [0.3, 0.4) is 0 Å². The van der Waals surface area contributed by atoms with Crippen molar-refractivity contribution in [3.05, 3.63) is 70.2 Å². The minimum Gasteiger partial charge on any atom is -0.352 e. The molecule has 0 aliphatic carbocycles. The molecule has 0 atom stereocenters. The molecule has 0 fully saturated rings. The topological polar surface area (TPSA) is 27.1 Å². The van der Waals surface area contributed by atoms with E-state index in [-0.39, 0.29) is 24.0 Å². The van der Waals surface area contributed by atoms with Crippen LogP contribution in [0.2, 0.25) is 5.02 Å². The minimum atomic E-state index is 0. The van der Waals surface area contributed by atoms with Gasteiger partial charge in [0.2, 0.25) is 0 Å². The van der Waals surface area contributed by atoms with Crippen LogP contribution in [-0.2, 0) is 13.0 Å². The number of nitrogens with zero attached hydrogens (tertiary/aromatic N) is 1. The minimum absolute atomic E-state index is 0. The molecule has 2 aromatic rings. The van der Waals surface area contributed by atoms with Gasteiger partial charge in [0.15, 0.2) is 0 Å². The largest absolute Gasteiger partial charge is 0.352 e. The molecule has 3 rings (SSSR count). The van der Waals surface area contributed by atoms with Crippen molar-refractivity contribution in [1.82, 2.24) is 4.90 Å². The van der Waals surface area contributed by atoms with Gasteiger partial charge in [0, 0.05) is 23.7 Å². The van der Waals surface area contributed by atoms with E-state index < -0.39 is 0 Å². The van der Waals surface area contributed by atoms with Crippen molar-refractivity contribution < 1.29 is 0 Å². The fraction of sp³-hybridized carbons (Fsp3) is 0.188. The number of halogens is 2. The smallest absolute Gasteiger partial charge is 0.128 e. The Hall–Kier alpha value is -1.07. The predicted molar refractivity (Wildman–Crippen MR) is 94.3 cm³/mol. The van der Waals surface area contributed by atoms with Crippen LogP contribution in [0, 0.1) is 5.41 Å². The number of hydrogen-bond acceptors (Lipinski definition) is 1. The Morgan fingerprint density at radius 3 is 2.35 bits per heavy atom. The molecule has 0 spiro atoms. The van der Waals surface area contributed by atoms with Crippen LogP contribution in [0.1, 0.15) is 16.7 Å². The summed E-state index contributed by atoms with van der Waals surface area (Å²) in [5, 5.41) is 9.03. The van der Waals surface area contributed by atoms with Gasteiger partial charge in [-0.3, -0.25) is 5.41 Å². The van der Waals surface area contributed by atoms with Crippen LogP contribution in [0.5, 0.6) is 0 Å². The second-order valence-electron chi connectivity index (χ2n) is 4.80. The van der Waals surface area contributed by atoms with Crippen LogP contribution in [0.4, 0.5) is 0 Å². The Morgan fingerprint density at radius 1 is 1.00 bits per heavy atom. The number of nitrogens with one attached hydrogen (secondary N) is 1. The van der Waals surface area contributed by atoms with Gasteiger partial charge in [-0.15, -0.1) is 24.0 Å². The van der Waals surface area contributed by atoms with E-state index in [0.717, 1.165) is 25.1 Å². The first-order valence-corrected chi connectivity index (χ1v) is 6.78. The molecule has 0 bridgehead atoms. The maximum absolute atomic E-state index is 8.32. The summed E-state index contributed by atoms with van der Waals surface area (Å²) in [6.45, 7) is 1.72. The average Bonchev–Trinajstić information content (AvgIpc) is 2.47. The van der Waals surface area contributed by atoms with Gasteiger partial charge in [0.25, 0.3) is 0 Å². The molecule has 1 N–H and O–H groups in total. The van der Waals surface area contributed by atoms with E-state index in [4.69, 9.17) is 17.0 Å². The standard InChI is InChI=1S/C16H15ClN2.HI/c17-15-7-5-13(6-8-15)16(18)19-10-9-12-3-1-2-4-14(12)11-19;/h1-8,18H,9-11H2;1H. The Labute approximate surface area is 141 Å². The summed E-state index contributed by atoms with van der Waals surface area (Å²) in [6, 6.07) is 16.0. The van der Waals surface area contributed by atoms with Gasteiger partial charge in [0.05, 0.1) is 0 Å². The molecular formula is C16H16ClIN2. The van der Waals surface area contributed by atoms with E-state index >= 15 is 0 Å². The summed E-state index contributed by atoms with van der Waals surface area (Å²) >= 11 is 5.88. The highest BCUT2D eigenvalue weighted by molar-refractivity contribution is 14.0. The molecule has 104 valence electrons. The van der Waals surface area contributed by atoms with Crippen molar-refractivity contribution in [3.63, 3.8) is 0 Å². The fourth-order valence-corrected chi connectivity index (χ4v) is 2.60. The maximum Gasteiger partial charge on any atom is 0.128 e. The van der Waals surface area contributed by atoms with Crippen molar-refractivity contribution in [3.8, 4) is 0 Å². The Morgan fingerprint density at radius 2 is 1.65 bits per heavy atom. The Bertz CT molecular complexity index is 610. The molecule has 0 amide bonds. The summed E-state index contributed by atoms with van der Waals surface area (Å²) < 4.78 is 0. The summed E-state index contributed by atoms with van der Waals surface area (Å²) in [5.74, 6) is 0.575. The Balaban J connectivity index is 0.00000147. The summed E-state index contributed by atoms with van der Waals surface area (Å²) in [7, 11) is 0. The van der Waals surface area contributed by atoms with Gasteiger partial charge in [-0.25, -0.2) is 0 Å². The van der Waals surface area contributed by atoms with Crippen molar-refractivity contribution in [2.45, 2.75) is 13.0 Å². The predicted octanol–water partition coefficient (Wildman–Crippen LogP) is 4.34. The SMILES string of the molecule is I.N=C(c1ccc(Cl)cc1)N1CCc2ccccc2C1. The summed E-state index contributed by atoms with van der Waals surface area (Å²) in [5.41, 5.74) is 3.65. The zero-order valence-electron chi connectivity index (χ0n) is 11.0. The molecule has 2 aromatic carbocycles. The second-order valence-corrected chi connectivity index (χ2v) is 5.23. The lowest BCUT2D eigenvalue weighted by atomic mass is 9.99. The molecule has 0 saturated carbocycles. The van der Waals surface area contributed by atoms with E-state index in [1.807, 2.05) is 24.3 Å². The summed E-state index contributed by atoms with van der Waals surface area (Å²) in [4.78, 5) is 2.12. The van der Waals surface area contributed by atoms with Crippen molar-refractivity contribution in [2.24, 2.45) is 0 Å². The maximum atomic E-state index is 8.32. The van der Waals surface area contributed by atoms with Crippen molar-refractivity contribution in [2.75, 3.05) is 6.54 Å². The van der Waals surface area contributed by atoms with E-state index in [1.165, 1.54) is 11.1 Å². The molecule has 0 radical (unpaired) electrons. The van der Waals surface area contributed by atoms with Crippen molar-refractivity contribution in [1.29, 1.82) is 5.41 Å².